The van der Waals surface area contributed by atoms with Crippen LogP contribution in [-0.4, -0.2) is 12.0 Å². The van der Waals surface area contributed by atoms with E-state index in [0.717, 1.165) is 23.4 Å². The number of carbonyl (C=O) groups excluding carboxylic acids is 1. The molecule has 22 heavy (non-hydrogen) atoms. The molecule has 0 radical (unpaired) electrons. The van der Waals surface area contributed by atoms with E-state index in [0.29, 0.717) is 10.6 Å². The van der Waals surface area contributed by atoms with Crippen LogP contribution in [0.1, 0.15) is 36.2 Å². The summed E-state index contributed by atoms with van der Waals surface area (Å²) in [4.78, 5) is 12.3. The summed E-state index contributed by atoms with van der Waals surface area (Å²) in [7, 11) is 0. The number of benzene rings is 2. The molecule has 2 aromatic rings. The molecule has 0 bridgehead atoms. The summed E-state index contributed by atoms with van der Waals surface area (Å²) in [5, 5.41) is 3.51. The standard InChI is InChI=1S/C18H20ClNO2/c1-4-12(2)22-15-10-8-14(9-11-15)18(21)20-17-7-5-6-16(19)13(17)3/h5-12H,4H2,1-3H3,(H,20,21). The largest absolute Gasteiger partial charge is 0.491 e. The molecule has 1 atom stereocenters. The van der Waals surface area contributed by atoms with Crippen LogP contribution < -0.4 is 10.1 Å². The van der Waals surface area contributed by atoms with Gasteiger partial charge in [-0.15, -0.1) is 0 Å². The van der Waals surface area contributed by atoms with Crippen LogP contribution in [0, 0.1) is 6.92 Å². The Hall–Kier alpha value is -2.00. The Kier molecular flexibility index (Phi) is 5.45. The number of carbonyl (C=O) groups is 1. The molecule has 0 aromatic heterocycles. The molecule has 3 nitrogen and oxygen atoms in total. The van der Waals surface area contributed by atoms with Crippen molar-refractivity contribution in [1.29, 1.82) is 0 Å². The SMILES string of the molecule is CCC(C)Oc1ccc(C(=O)Nc2cccc(Cl)c2C)cc1. The normalized spacial score (nSPS) is 11.8. The lowest BCUT2D eigenvalue weighted by Crippen LogP contribution is -2.13. The number of hydrogen-bond donors (Lipinski definition) is 1. The highest BCUT2D eigenvalue weighted by molar-refractivity contribution is 6.31. The van der Waals surface area contributed by atoms with Gasteiger partial charge < -0.3 is 10.1 Å². The summed E-state index contributed by atoms with van der Waals surface area (Å²) in [6.07, 6.45) is 1.10. The molecule has 0 saturated heterocycles. The Bertz CT molecular complexity index is 653. The summed E-state index contributed by atoms with van der Waals surface area (Å²) >= 11 is 6.06. The second kappa shape index (κ2) is 7.32. The van der Waals surface area contributed by atoms with Crippen molar-refractivity contribution in [3.05, 3.63) is 58.6 Å². The second-order valence-corrected chi connectivity index (χ2v) is 5.63. The van der Waals surface area contributed by atoms with Gasteiger partial charge in [-0.25, -0.2) is 0 Å². The molecule has 1 N–H and O–H groups in total. The van der Waals surface area contributed by atoms with Crippen molar-refractivity contribution in [3.8, 4) is 5.75 Å². The summed E-state index contributed by atoms with van der Waals surface area (Å²) in [6.45, 7) is 5.96. The van der Waals surface area contributed by atoms with Crippen molar-refractivity contribution < 1.29 is 9.53 Å². The van der Waals surface area contributed by atoms with Crippen molar-refractivity contribution in [2.45, 2.75) is 33.3 Å². The zero-order chi connectivity index (χ0) is 16.1. The van der Waals surface area contributed by atoms with E-state index in [1.807, 2.05) is 38.1 Å². The Morgan fingerprint density at radius 2 is 1.91 bits per heavy atom. The maximum Gasteiger partial charge on any atom is 0.255 e. The first-order chi connectivity index (χ1) is 10.5. The maximum atomic E-state index is 12.3. The third-order valence-corrected chi connectivity index (χ3v) is 3.95. The van der Waals surface area contributed by atoms with Crippen LogP contribution in [0.5, 0.6) is 5.75 Å². The first kappa shape index (κ1) is 16.4. The summed E-state index contributed by atoms with van der Waals surface area (Å²) in [5.74, 6) is 0.602. The van der Waals surface area contributed by atoms with Crippen LogP contribution in [0.4, 0.5) is 5.69 Å². The fourth-order valence-electron chi connectivity index (χ4n) is 1.94. The first-order valence-electron chi connectivity index (χ1n) is 7.34. The smallest absolute Gasteiger partial charge is 0.255 e. The molecule has 0 fully saturated rings. The molecule has 0 spiro atoms. The molecule has 0 saturated carbocycles. The van der Waals surface area contributed by atoms with Gasteiger partial charge in [-0.2, -0.15) is 0 Å². The molecule has 2 rings (SSSR count). The second-order valence-electron chi connectivity index (χ2n) is 5.23. The van der Waals surface area contributed by atoms with Crippen molar-refractivity contribution in [2.75, 3.05) is 5.32 Å². The fourth-order valence-corrected chi connectivity index (χ4v) is 2.11. The number of nitrogens with one attached hydrogen (secondary N) is 1. The molecular weight excluding hydrogens is 298 g/mol. The van der Waals surface area contributed by atoms with Gasteiger partial charge in [-0.05, 0) is 62.2 Å². The lowest BCUT2D eigenvalue weighted by Gasteiger charge is -2.13. The zero-order valence-electron chi connectivity index (χ0n) is 13.0. The molecular formula is C18H20ClNO2. The molecule has 0 aliphatic carbocycles. The van der Waals surface area contributed by atoms with E-state index in [-0.39, 0.29) is 12.0 Å². The van der Waals surface area contributed by atoms with Gasteiger partial charge in [0.05, 0.1) is 6.10 Å². The molecule has 1 amide bonds. The molecule has 0 heterocycles. The Balaban J connectivity index is 2.08. The van der Waals surface area contributed by atoms with Gasteiger partial charge in [-0.1, -0.05) is 24.6 Å². The van der Waals surface area contributed by atoms with Gasteiger partial charge in [0.1, 0.15) is 5.75 Å². The minimum Gasteiger partial charge on any atom is -0.491 e. The third kappa shape index (κ3) is 4.01. The van der Waals surface area contributed by atoms with Gasteiger partial charge >= 0.3 is 0 Å². The van der Waals surface area contributed by atoms with Crippen LogP contribution >= 0.6 is 11.6 Å². The van der Waals surface area contributed by atoms with E-state index in [9.17, 15) is 4.79 Å². The van der Waals surface area contributed by atoms with Crippen LogP contribution in [-0.2, 0) is 0 Å². The Morgan fingerprint density at radius 1 is 1.23 bits per heavy atom. The molecule has 0 aliphatic heterocycles. The minimum absolute atomic E-state index is 0.161. The average molecular weight is 318 g/mol. The predicted molar refractivity (Wildman–Crippen MR) is 91.0 cm³/mol. The fraction of sp³-hybridized carbons (Fsp3) is 0.278. The van der Waals surface area contributed by atoms with Gasteiger partial charge in [0.25, 0.3) is 5.91 Å². The van der Waals surface area contributed by atoms with E-state index in [4.69, 9.17) is 16.3 Å². The highest BCUT2D eigenvalue weighted by Gasteiger charge is 2.09. The number of hydrogen-bond acceptors (Lipinski definition) is 2. The summed E-state index contributed by atoms with van der Waals surface area (Å²) in [6, 6.07) is 12.6. The van der Waals surface area contributed by atoms with E-state index in [1.165, 1.54) is 0 Å². The summed E-state index contributed by atoms with van der Waals surface area (Å²) < 4.78 is 5.70. The molecule has 116 valence electrons. The van der Waals surface area contributed by atoms with Gasteiger partial charge in [0, 0.05) is 16.3 Å². The van der Waals surface area contributed by atoms with Crippen molar-refractivity contribution in [1.82, 2.24) is 0 Å². The number of anilines is 1. The molecule has 1 unspecified atom stereocenters. The third-order valence-electron chi connectivity index (χ3n) is 3.54. The van der Waals surface area contributed by atoms with Crippen LogP contribution in [0.15, 0.2) is 42.5 Å². The highest BCUT2D eigenvalue weighted by atomic mass is 35.5. The van der Waals surface area contributed by atoms with E-state index >= 15 is 0 Å². The van der Waals surface area contributed by atoms with Crippen LogP contribution in [0.25, 0.3) is 0 Å². The number of amides is 1. The Labute approximate surface area is 136 Å². The minimum atomic E-state index is -0.166. The lowest BCUT2D eigenvalue weighted by atomic mass is 10.1. The quantitative estimate of drug-likeness (QED) is 0.835. The number of halogens is 1. The van der Waals surface area contributed by atoms with Gasteiger partial charge in [0.15, 0.2) is 0 Å². The lowest BCUT2D eigenvalue weighted by molar-refractivity contribution is 0.102. The summed E-state index contributed by atoms with van der Waals surface area (Å²) in [5.41, 5.74) is 2.16. The van der Waals surface area contributed by atoms with Crippen molar-refractivity contribution in [2.24, 2.45) is 0 Å². The monoisotopic (exact) mass is 317 g/mol. The molecule has 4 heteroatoms. The van der Waals surface area contributed by atoms with E-state index < -0.39 is 0 Å². The molecule has 0 aliphatic rings. The predicted octanol–water partition coefficient (Wildman–Crippen LogP) is 5.08. The molecule has 2 aromatic carbocycles. The van der Waals surface area contributed by atoms with E-state index in [1.54, 1.807) is 18.2 Å². The van der Waals surface area contributed by atoms with E-state index in [2.05, 4.69) is 12.2 Å². The zero-order valence-corrected chi connectivity index (χ0v) is 13.8. The number of ether oxygens (including phenoxy) is 1. The van der Waals surface area contributed by atoms with Crippen LogP contribution in [0.2, 0.25) is 5.02 Å². The number of rotatable bonds is 5. The maximum absolute atomic E-state index is 12.3. The van der Waals surface area contributed by atoms with Gasteiger partial charge in [0.2, 0.25) is 0 Å². The topological polar surface area (TPSA) is 38.3 Å². The van der Waals surface area contributed by atoms with Gasteiger partial charge in [-0.3, -0.25) is 4.79 Å². The van der Waals surface area contributed by atoms with Crippen molar-refractivity contribution >= 4 is 23.2 Å². The first-order valence-corrected chi connectivity index (χ1v) is 7.72. The highest BCUT2D eigenvalue weighted by Crippen LogP contribution is 2.23. The Morgan fingerprint density at radius 3 is 2.55 bits per heavy atom. The average Bonchev–Trinajstić information content (AvgIpc) is 2.52. The van der Waals surface area contributed by atoms with Crippen molar-refractivity contribution in [3.63, 3.8) is 0 Å². The van der Waals surface area contributed by atoms with Crippen LogP contribution in [0.3, 0.4) is 0 Å².